The van der Waals surface area contributed by atoms with Crippen molar-refractivity contribution in [1.82, 2.24) is 10.3 Å². The Kier molecular flexibility index (Phi) is 3.59. The highest BCUT2D eigenvalue weighted by atomic mass is 14.9. The molecule has 0 aliphatic carbocycles. The Morgan fingerprint density at radius 1 is 1.38 bits per heavy atom. The van der Waals surface area contributed by atoms with Gasteiger partial charge in [-0.2, -0.15) is 0 Å². The molecule has 0 fully saturated rings. The highest BCUT2D eigenvalue weighted by Gasteiger charge is 2.03. The zero-order chi connectivity index (χ0) is 11.4. The van der Waals surface area contributed by atoms with Crippen molar-refractivity contribution in [3.05, 3.63) is 36.0 Å². The summed E-state index contributed by atoms with van der Waals surface area (Å²) in [5.41, 5.74) is 8.13. The third-order valence-electron chi connectivity index (χ3n) is 2.92. The molecule has 86 valence electrons. The first-order valence-corrected chi connectivity index (χ1v) is 5.79. The predicted molar refractivity (Wildman–Crippen MR) is 68.5 cm³/mol. The van der Waals surface area contributed by atoms with E-state index in [1.54, 1.807) is 0 Å². The van der Waals surface area contributed by atoms with Gasteiger partial charge in [0.1, 0.15) is 0 Å². The molecule has 1 aromatic carbocycles. The van der Waals surface area contributed by atoms with E-state index < -0.39 is 0 Å². The summed E-state index contributed by atoms with van der Waals surface area (Å²) in [6, 6.07) is 8.79. The van der Waals surface area contributed by atoms with E-state index in [1.165, 1.54) is 16.5 Å². The fraction of sp³-hybridized carbons (Fsp3) is 0.385. The van der Waals surface area contributed by atoms with Crippen molar-refractivity contribution in [2.45, 2.75) is 19.4 Å². The molecular formula is C13H19N3. The lowest BCUT2D eigenvalue weighted by Crippen LogP contribution is -2.34. The van der Waals surface area contributed by atoms with E-state index in [1.807, 2.05) is 0 Å². The molecule has 0 radical (unpaired) electrons. The normalized spacial score (nSPS) is 13.1. The second-order valence-electron chi connectivity index (χ2n) is 4.20. The number of para-hydroxylation sites is 1. The fourth-order valence-electron chi connectivity index (χ4n) is 1.88. The summed E-state index contributed by atoms with van der Waals surface area (Å²) in [5.74, 6) is 0. The van der Waals surface area contributed by atoms with Crippen LogP contribution >= 0.6 is 0 Å². The average Bonchev–Trinajstić information content (AvgIpc) is 2.73. The number of nitrogens with two attached hydrogens (primary N) is 1. The minimum atomic E-state index is 0.394. The lowest BCUT2D eigenvalue weighted by atomic mass is 10.1. The molecule has 0 saturated carbocycles. The van der Waals surface area contributed by atoms with Crippen molar-refractivity contribution in [2.24, 2.45) is 5.73 Å². The van der Waals surface area contributed by atoms with Crippen LogP contribution < -0.4 is 11.1 Å². The zero-order valence-corrected chi connectivity index (χ0v) is 9.66. The average molecular weight is 217 g/mol. The number of aromatic nitrogens is 1. The van der Waals surface area contributed by atoms with Gasteiger partial charge in [-0.25, -0.2) is 0 Å². The Morgan fingerprint density at radius 2 is 2.19 bits per heavy atom. The van der Waals surface area contributed by atoms with Crippen LogP contribution in [0.4, 0.5) is 0 Å². The third-order valence-corrected chi connectivity index (χ3v) is 2.92. The van der Waals surface area contributed by atoms with Crippen LogP contribution in [0.5, 0.6) is 0 Å². The first kappa shape index (κ1) is 11.2. The molecule has 2 aromatic rings. The molecule has 0 aliphatic rings. The summed E-state index contributed by atoms with van der Waals surface area (Å²) < 4.78 is 0. The molecule has 2 rings (SSSR count). The molecule has 0 saturated heterocycles. The molecule has 1 aromatic heterocycles. The van der Waals surface area contributed by atoms with Crippen LogP contribution in [0, 0.1) is 0 Å². The smallest absolute Gasteiger partial charge is 0.0456 e. The lowest BCUT2D eigenvalue weighted by Gasteiger charge is -2.10. The molecule has 1 heterocycles. The minimum absolute atomic E-state index is 0.394. The van der Waals surface area contributed by atoms with Gasteiger partial charge in [-0.05, 0) is 31.5 Å². The van der Waals surface area contributed by atoms with Crippen molar-refractivity contribution in [2.75, 3.05) is 13.1 Å². The van der Waals surface area contributed by atoms with Crippen LogP contribution in [0.25, 0.3) is 10.9 Å². The second-order valence-corrected chi connectivity index (χ2v) is 4.20. The first-order chi connectivity index (χ1) is 7.81. The number of benzene rings is 1. The molecule has 16 heavy (non-hydrogen) atoms. The van der Waals surface area contributed by atoms with Gasteiger partial charge in [-0.15, -0.1) is 0 Å². The first-order valence-electron chi connectivity index (χ1n) is 5.79. The lowest BCUT2D eigenvalue weighted by molar-refractivity contribution is 0.559. The van der Waals surface area contributed by atoms with E-state index in [4.69, 9.17) is 5.73 Å². The summed E-state index contributed by atoms with van der Waals surface area (Å²) >= 11 is 0. The van der Waals surface area contributed by atoms with Crippen LogP contribution in [0.3, 0.4) is 0 Å². The van der Waals surface area contributed by atoms with Gasteiger partial charge in [0, 0.05) is 29.7 Å². The predicted octanol–water partition coefficient (Wildman–Crippen LogP) is 1.65. The molecule has 3 nitrogen and oxygen atoms in total. The van der Waals surface area contributed by atoms with Gasteiger partial charge in [0.05, 0.1) is 0 Å². The molecule has 3 heteroatoms. The van der Waals surface area contributed by atoms with Crippen LogP contribution in [-0.2, 0) is 6.42 Å². The van der Waals surface area contributed by atoms with E-state index in [0.717, 1.165) is 13.0 Å². The second kappa shape index (κ2) is 5.14. The molecular weight excluding hydrogens is 198 g/mol. The quantitative estimate of drug-likeness (QED) is 0.713. The maximum Gasteiger partial charge on any atom is 0.0456 e. The number of H-pyrrole nitrogens is 1. The Labute approximate surface area is 96.0 Å². The van der Waals surface area contributed by atoms with Crippen LogP contribution in [0.1, 0.15) is 12.5 Å². The summed E-state index contributed by atoms with van der Waals surface area (Å²) in [5, 5.41) is 4.72. The van der Waals surface area contributed by atoms with Gasteiger partial charge in [-0.3, -0.25) is 0 Å². The van der Waals surface area contributed by atoms with Crippen molar-refractivity contribution in [3.8, 4) is 0 Å². The Bertz CT molecular complexity index is 447. The van der Waals surface area contributed by atoms with E-state index in [0.29, 0.717) is 12.6 Å². The van der Waals surface area contributed by atoms with E-state index in [9.17, 15) is 0 Å². The van der Waals surface area contributed by atoms with Gasteiger partial charge in [0.2, 0.25) is 0 Å². The van der Waals surface area contributed by atoms with Crippen molar-refractivity contribution < 1.29 is 0 Å². The van der Waals surface area contributed by atoms with E-state index >= 15 is 0 Å². The summed E-state index contributed by atoms with van der Waals surface area (Å²) in [6.45, 7) is 3.77. The highest BCUT2D eigenvalue weighted by molar-refractivity contribution is 5.83. The SMILES string of the molecule is CC(CN)NCCc1c[nH]c2ccccc12. The molecule has 1 unspecified atom stereocenters. The molecule has 1 atom stereocenters. The monoisotopic (exact) mass is 217 g/mol. The Hall–Kier alpha value is -1.32. The van der Waals surface area contributed by atoms with Gasteiger partial charge in [0.15, 0.2) is 0 Å². The van der Waals surface area contributed by atoms with Crippen molar-refractivity contribution in [1.29, 1.82) is 0 Å². The Morgan fingerprint density at radius 3 is 3.00 bits per heavy atom. The Balaban J connectivity index is 1.99. The fourth-order valence-corrected chi connectivity index (χ4v) is 1.88. The van der Waals surface area contributed by atoms with Crippen LogP contribution in [-0.4, -0.2) is 24.1 Å². The maximum atomic E-state index is 5.55. The highest BCUT2D eigenvalue weighted by Crippen LogP contribution is 2.17. The molecule has 4 N–H and O–H groups in total. The van der Waals surface area contributed by atoms with E-state index in [2.05, 4.69) is 47.7 Å². The van der Waals surface area contributed by atoms with Crippen LogP contribution in [0.15, 0.2) is 30.5 Å². The third kappa shape index (κ3) is 2.43. The van der Waals surface area contributed by atoms with Gasteiger partial charge >= 0.3 is 0 Å². The molecule has 0 amide bonds. The maximum absolute atomic E-state index is 5.55. The zero-order valence-electron chi connectivity index (χ0n) is 9.66. The van der Waals surface area contributed by atoms with Gasteiger partial charge in [0.25, 0.3) is 0 Å². The van der Waals surface area contributed by atoms with E-state index in [-0.39, 0.29) is 0 Å². The number of hydrogen-bond acceptors (Lipinski definition) is 2. The summed E-state index contributed by atoms with van der Waals surface area (Å²) in [6.07, 6.45) is 3.13. The summed E-state index contributed by atoms with van der Waals surface area (Å²) in [7, 11) is 0. The number of hydrogen-bond donors (Lipinski definition) is 3. The van der Waals surface area contributed by atoms with Crippen LogP contribution in [0.2, 0.25) is 0 Å². The van der Waals surface area contributed by atoms with Crippen molar-refractivity contribution >= 4 is 10.9 Å². The van der Waals surface area contributed by atoms with Gasteiger partial charge in [-0.1, -0.05) is 18.2 Å². The molecule has 0 bridgehead atoms. The number of fused-ring (bicyclic) bond motifs is 1. The van der Waals surface area contributed by atoms with Gasteiger partial charge < -0.3 is 16.0 Å². The minimum Gasteiger partial charge on any atom is -0.361 e. The molecule has 0 aliphatic heterocycles. The summed E-state index contributed by atoms with van der Waals surface area (Å²) in [4.78, 5) is 3.29. The number of aromatic amines is 1. The molecule has 0 spiro atoms. The standard InChI is InChI=1S/C13H19N3/c1-10(8-14)15-7-6-11-9-16-13-5-3-2-4-12(11)13/h2-5,9-10,15-16H,6-8,14H2,1H3. The number of rotatable bonds is 5. The topological polar surface area (TPSA) is 53.8 Å². The number of nitrogens with one attached hydrogen (secondary N) is 2. The largest absolute Gasteiger partial charge is 0.361 e. The van der Waals surface area contributed by atoms with Crippen molar-refractivity contribution in [3.63, 3.8) is 0 Å².